The van der Waals surface area contributed by atoms with E-state index in [1.807, 2.05) is 18.2 Å². The quantitative estimate of drug-likeness (QED) is 0.821. The van der Waals surface area contributed by atoms with Crippen LogP contribution in [0.2, 0.25) is 0 Å². The number of carbonyl (C=O) groups excluding carboxylic acids is 1. The van der Waals surface area contributed by atoms with E-state index in [2.05, 4.69) is 30.4 Å². The van der Waals surface area contributed by atoms with Gasteiger partial charge in [0, 0.05) is 18.5 Å². The number of methoxy groups -OCH3 is 2. The maximum absolute atomic E-state index is 12.4. The molecule has 3 rings (SSSR count). The average molecular weight is 355 g/mol. The van der Waals surface area contributed by atoms with Crippen molar-refractivity contribution in [2.45, 2.75) is 26.4 Å². The second kappa shape index (κ2) is 8.23. The van der Waals surface area contributed by atoms with Crippen molar-refractivity contribution in [2.24, 2.45) is 0 Å². The molecule has 2 aromatic rings. The minimum absolute atomic E-state index is 0.0900. The Balaban J connectivity index is 1.58. The summed E-state index contributed by atoms with van der Waals surface area (Å²) < 4.78 is 10.8. The number of nitrogens with one attached hydrogen (secondary N) is 2. The van der Waals surface area contributed by atoms with Gasteiger partial charge in [0.15, 0.2) is 18.0 Å². The van der Waals surface area contributed by atoms with Gasteiger partial charge in [-0.25, -0.2) is 0 Å². The highest BCUT2D eigenvalue weighted by Crippen LogP contribution is 2.31. The van der Waals surface area contributed by atoms with Gasteiger partial charge in [0.05, 0.1) is 20.8 Å². The van der Waals surface area contributed by atoms with Crippen molar-refractivity contribution in [1.29, 1.82) is 0 Å². The van der Waals surface area contributed by atoms with Crippen molar-refractivity contribution >= 4 is 5.91 Å². The summed E-state index contributed by atoms with van der Waals surface area (Å²) in [6.45, 7) is 4.91. The Hall–Kier alpha value is -2.53. The first-order valence-electron chi connectivity index (χ1n) is 8.99. The largest absolute Gasteiger partial charge is 0.493 e. The highest BCUT2D eigenvalue weighted by atomic mass is 16.5. The van der Waals surface area contributed by atoms with E-state index in [1.165, 1.54) is 21.6 Å². The molecule has 0 spiro atoms. The lowest BCUT2D eigenvalue weighted by atomic mass is 9.99. The molecule has 0 aliphatic carbocycles. The summed E-state index contributed by atoms with van der Waals surface area (Å²) in [4.78, 5) is 13.6. The van der Waals surface area contributed by atoms with Gasteiger partial charge in [-0.1, -0.05) is 24.3 Å². The molecule has 0 fully saturated rings. The summed E-state index contributed by atoms with van der Waals surface area (Å²) >= 11 is 0. The molecule has 2 aromatic carbocycles. The third-order valence-electron chi connectivity index (χ3n) is 5.04. The molecule has 5 nitrogen and oxygen atoms in total. The minimum atomic E-state index is 0.0900. The molecule has 26 heavy (non-hydrogen) atoms. The Bertz CT molecular complexity index is 789. The van der Waals surface area contributed by atoms with Crippen molar-refractivity contribution in [1.82, 2.24) is 5.32 Å². The molecule has 1 aliphatic rings. The van der Waals surface area contributed by atoms with Crippen molar-refractivity contribution < 1.29 is 19.2 Å². The van der Waals surface area contributed by atoms with Gasteiger partial charge in [-0.2, -0.15) is 0 Å². The molecule has 138 valence electrons. The first kappa shape index (κ1) is 18.3. The average Bonchev–Trinajstić information content (AvgIpc) is 2.66. The Kier molecular flexibility index (Phi) is 5.78. The highest BCUT2D eigenvalue weighted by Gasteiger charge is 2.23. The summed E-state index contributed by atoms with van der Waals surface area (Å²) in [5.41, 5.74) is 4.88. The van der Waals surface area contributed by atoms with E-state index in [1.54, 1.807) is 14.2 Å². The van der Waals surface area contributed by atoms with Crippen molar-refractivity contribution in [3.63, 3.8) is 0 Å². The van der Waals surface area contributed by atoms with Gasteiger partial charge in [0.25, 0.3) is 5.91 Å². The van der Waals surface area contributed by atoms with Crippen LogP contribution in [0.5, 0.6) is 11.5 Å². The van der Waals surface area contributed by atoms with E-state index < -0.39 is 0 Å². The molecule has 1 unspecified atom stereocenters. The number of fused-ring (bicyclic) bond motifs is 1. The number of rotatable bonds is 6. The number of hydrogen-bond donors (Lipinski definition) is 2. The fraction of sp³-hybridized carbons (Fsp3) is 0.381. The molecule has 1 amide bonds. The monoisotopic (exact) mass is 355 g/mol. The summed E-state index contributed by atoms with van der Waals surface area (Å²) in [5, 5.41) is 3.05. The molecule has 1 heterocycles. The van der Waals surface area contributed by atoms with Crippen LogP contribution in [0.4, 0.5) is 0 Å². The predicted octanol–water partition coefficient (Wildman–Crippen LogP) is 1.27. The lowest BCUT2D eigenvalue weighted by molar-refractivity contribution is -0.908. The zero-order chi connectivity index (χ0) is 18.5. The van der Waals surface area contributed by atoms with Crippen molar-refractivity contribution in [2.75, 3.05) is 27.3 Å². The van der Waals surface area contributed by atoms with Crippen LogP contribution in [-0.2, 0) is 24.3 Å². The second-order valence-corrected chi connectivity index (χ2v) is 6.78. The van der Waals surface area contributed by atoms with Crippen LogP contribution < -0.4 is 19.7 Å². The van der Waals surface area contributed by atoms with Gasteiger partial charge in [0.1, 0.15) is 6.54 Å². The molecular formula is C21H27N2O3+. The number of amides is 1. The Morgan fingerprint density at radius 3 is 2.50 bits per heavy atom. The normalized spacial score (nSPS) is 15.9. The number of benzene rings is 2. The van der Waals surface area contributed by atoms with Gasteiger partial charge < -0.3 is 19.7 Å². The van der Waals surface area contributed by atoms with E-state index in [-0.39, 0.29) is 5.91 Å². The number of hydrogen-bond acceptors (Lipinski definition) is 3. The third kappa shape index (κ3) is 4.17. The van der Waals surface area contributed by atoms with Gasteiger partial charge in [-0.15, -0.1) is 0 Å². The second-order valence-electron chi connectivity index (χ2n) is 6.78. The van der Waals surface area contributed by atoms with Crippen molar-refractivity contribution in [3.05, 3.63) is 58.7 Å². The summed E-state index contributed by atoms with van der Waals surface area (Å²) in [7, 11) is 3.31. The van der Waals surface area contributed by atoms with Gasteiger partial charge in [-0.05, 0) is 35.7 Å². The molecule has 0 aromatic heterocycles. The Labute approximate surface area is 154 Å². The van der Waals surface area contributed by atoms with Gasteiger partial charge in [-0.3, -0.25) is 4.79 Å². The highest BCUT2D eigenvalue weighted by molar-refractivity contribution is 5.76. The molecule has 0 bridgehead atoms. The lowest BCUT2D eigenvalue weighted by Crippen LogP contribution is -3.12. The molecule has 2 N–H and O–H groups in total. The van der Waals surface area contributed by atoms with Crippen LogP contribution >= 0.6 is 0 Å². The Morgan fingerprint density at radius 1 is 1.12 bits per heavy atom. The molecular weight excluding hydrogens is 328 g/mol. The number of ether oxygens (including phenoxy) is 2. The van der Waals surface area contributed by atoms with Crippen molar-refractivity contribution in [3.8, 4) is 11.5 Å². The molecule has 0 saturated heterocycles. The molecule has 5 heteroatoms. The molecule has 0 saturated carbocycles. The van der Waals surface area contributed by atoms with Crippen LogP contribution in [0.25, 0.3) is 0 Å². The van der Waals surface area contributed by atoms with Crippen LogP contribution in [0.3, 0.4) is 0 Å². The zero-order valence-electron chi connectivity index (χ0n) is 15.7. The van der Waals surface area contributed by atoms with E-state index in [0.717, 1.165) is 36.6 Å². The fourth-order valence-electron chi connectivity index (χ4n) is 3.47. The first-order chi connectivity index (χ1) is 12.6. The predicted molar refractivity (Wildman–Crippen MR) is 101 cm³/mol. The summed E-state index contributed by atoms with van der Waals surface area (Å²) in [5.74, 6) is 1.61. The lowest BCUT2D eigenvalue weighted by Gasteiger charge is -2.26. The van der Waals surface area contributed by atoms with Crippen LogP contribution in [-0.4, -0.2) is 33.2 Å². The Morgan fingerprint density at radius 2 is 1.81 bits per heavy atom. The van der Waals surface area contributed by atoms with E-state index in [4.69, 9.17) is 9.47 Å². The number of quaternary nitrogens is 1. The maximum atomic E-state index is 12.4. The molecule has 0 radical (unpaired) electrons. The van der Waals surface area contributed by atoms with E-state index in [9.17, 15) is 4.79 Å². The number of carbonyl (C=O) groups is 1. The summed E-state index contributed by atoms with van der Waals surface area (Å²) in [6.07, 6.45) is 0.941. The van der Waals surface area contributed by atoms with Gasteiger partial charge >= 0.3 is 0 Å². The molecule has 1 atom stereocenters. The zero-order valence-corrected chi connectivity index (χ0v) is 15.7. The number of aryl methyl sites for hydroxylation is 1. The van der Waals surface area contributed by atoms with Gasteiger partial charge in [0.2, 0.25) is 0 Å². The van der Waals surface area contributed by atoms with Crippen LogP contribution in [0.15, 0.2) is 36.4 Å². The summed E-state index contributed by atoms with van der Waals surface area (Å²) in [6, 6.07) is 12.2. The minimum Gasteiger partial charge on any atom is -0.493 e. The fourth-order valence-corrected chi connectivity index (χ4v) is 3.47. The first-order valence-corrected chi connectivity index (χ1v) is 8.99. The van der Waals surface area contributed by atoms with Crippen LogP contribution in [0, 0.1) is 6.92 Å². The maximum Gasteiger partial charge on any atom is 0.275 e. The van der Waals surface area contributed by atoms with Crippen LogP contribution in [0.1, 0.15) is 22.3 Å². The van der Waals surface area contributed by atoms with E-state index in [0.29, 0.717) is 13.1 Å². The topological polar surface area (TPSA) is 52.0 Å². The van der Waals surface area contributed by atoms with E-state index >= 15 is 0 Å². The molecule has 1 aliphatic heterocycles. The smallest absolute Gasteiger partial charge is 0.275 e. The standard InChI is InChI=1S/C21H26N2O3/c1-15-6-4-5-7-17(15)12-22-21(24)14-23-9-8-16-10-19(25-2)20(26-3)11-18(16)13-23/h4-7,10-11H,8-9,12-14H2,1-3H3,(H,22,24)/p+1. The SMILES string of the molecule is COc1cc2c(cc1OC)C[NH+](CC(=O)NCc1ccccc1C)CC2. The third-order valence-corrected chi connectivity index (χ3v) is 5.04.